The van der Waals surface area contributed by atoms with Crippen molar-refractivity contribution in [2.24, 2.45) is 0 Å². The van der Waals surface area contributed by atoms with Crippen LogP contribution >= 0.6 is 0 Å². The third-order valence-electron chi connectivity index (χ3n) is 2.35. The first-order chi connectivity index (χ1) is 10.4. The molecule has 0 amide bonds. The van der Waals surface area contributed by atoms with Crippen molar-refractivity contribution in [3.05, 3.63) is 24.3 Å². The SMILES string of the molecule is CCCC(=O)OOc1cccc(OCCCOS(C)(=O)=O)c1. The van der Waals surface area contributed by atoms with Crippen LogP contribution in [0.4, 0.5) is 0 Å². The third-order valence-corrected chi connectivity index (χ3v) is 2.94. The smallest absolute Gasteiger partial charge is 0.355 e. The van der Waals surface area contributed by atoms with E-state index in [0.717, 1.165) is 6.26 Å². The molecule has 0 spiro atoms. The maximum absolute atomic E-state index is 11.2. The standard InChI is InChI=1S/C14H20O7S/c1-3-6-14(15)21-20-13-8-4-7-12(11-13)18-9-5-10-19-22(2,16)17/h4,7-8,11H,3,5-6,9-10H2,1-2H3. The van der Waals surface area contributed by atoms with Crippen LogP contribution in [0.5, 0.6) is 11.5 Å². The van der Waals surface area contributed by atoms with E-state index < -0.39 is 16.1 Å². The molecule has 0 atom stereocenters. The van der Waals surface area contributed by atoms with Gasteiger partial charge < -0.3 is 4.74 Å². The van der Waals surface area contributed by atoms with Gasteiger partial charge >= 0.3 is 5.97 Å². The molecule has 1 aromatic carbocycles. The summed E-state index contributed by atoms with van der Waals surface area (Å²) in [4.78, 5) is 20.7. The fourth-order valence-corrected chi connectivity index (χ4v) is 1.84. The van der Waals surface area contributed by atoms with Crippen molar-refractivity contribution < 1.29 is 31.9 Å². The van der Waals surface area contributed by atoms with E-state index in [-0.39, 0.29) is 19.6 Å². The second kappa shape index (κ2) is 9.26. The average molecular weight is 332 g/mol. The monoisotopic (exact) mass is 332 g/mol. The maximum Gasteiger partial charge on any atom is 0.355 e. The molecule has 7 nitrogen and oxygen atoms in total. The summed E-state index contributed by atoms with van der Waals surface area (Å²) in [5.41, 5.74) is 0. The van der Waals surface area contributed by atoms with Gasteiger partial charge in [-0.15, -0.1) is 0 Å². The van der Waals surface area contributed by atoms with Crippen LogP contribution in [0.1, 0.15) is 26.2 Å². The minimum absolute atomic E-state index is 0.0592. The van der Waals surface area contributed by atoms with E-state index >= 15 is 0 Å². The predicted octanol–water partition coefficient (Wildman–Crippen LogP) is 2.07. The zero-order valence-electron chi connectivity index (χ0n) is 12.6. The molecule has 1 rings (SSSR count). The molecule has 0 radical (unpaired) electrons. The van der Waals surface area contributed by atoms with Crippen molar-refractivity contribution >= 4 is 16.1 Å². The van der Waals surface area contributed by atoms with Crippen molar-refractivity contribution in [1.82, 2.24) is 0 Å². The van der Waals surface area contributed by atoms with Crippen molar-refractivity contribution in [2.45, 2.75) is 26.2 Å². The number of hydrogen-bond acceptors (Lipinski definition) is 7. The molecule has 0 aliphatic carbocycles. The van der Waals surface area contributed by atoms with Gasteiger partial charge in [-0.2, -0.15) is 8.42 Å². The zero-order valence-corrected chi connectivity index (χ0v) is 13.4. The molecule has 0 saturated carbocycles. The van der Waals surface area contributed by atoms with Crippen molar-refractivity contribution in [3.63, 3.8) is 0 Å². The van der Waals surface area contributed by atoms with Gasteiger partial charge in [0.15, 0.2) is 5.75 Å². The van der Waals surface area contributed by atoms with Crippen molar-refractivity contribution in [3.8, 4) is 11.5 Å². The summed E-state index contributed by atoms with van der Waals surface area (Å²) >= 11 is 0. The fourth-order valence-electron chi connectivity index (χ4n) is 1.42. The van der Waals surface area contributed by atoms with Crippen LogP contribution < -0.4 is 9.62 Å². The number of benzene rings is 1. The molecule has 8 heteroatoms. The number of rotatable bonds is 10. The Morgan fingerprint density at radius 2 is 1.91 bits per heavy atom. The highest BCUT2D eigenvalue weighted by Crippen LogP contribution is 2.20. The van der Waals surface area contributed by atoms with Gasteiger partial charge in [0.1, 0.15) is 5.75 Å². The summed E-state index contributed by atoms with van der Waals surface area (Å²) in [6.45, 7) is 2.21. The number of carbonyl (C=O) groups is 1. The van der Waals surface area contributed by atoms with Crippen LogP contribution in [0.15, 0.2) is 24.3 Å². The third kappa shape index (κ3) is 8.48. The Bertz CT molecular complexity index is 568. The molecule has 1 aromatic rings. The minimum Gasteiger partial charge on any atom is -0.493 e. The van der Waals surface area contributed by atoms with Crippen LogP contribution in [-0.2, 0) is 24.0 Å². The molecule has 0 N–H and O–H groups in total. The first-order valence-electron chi connectivity index (χ1n) is 6.85. The number of hydrogen-bond donors (Lipinski definition) is 0. The quantitative estimate of drug-likeness (QED) is 0.280. The summed E-state index contributed by atoms with van der Waals surface area (Å²) in [5.74, 6) is 0.421. The summed E-state index contributed by atoms with van der Waals surface area (Å²) in [5, 5.41) is 0. The molecule has 0 aromatic heterocycles. The molecule has 0 unspecified atom stereocenters. The zero-order chi connectivity index (χ0) is 16.4. The lowest BCUT2D eigenvalue weighted by Gasteiger charge is -2.08. The van der Waals surface area contributed by atoms with E-state index in [1.807, 2.05) is 6.92 Å². The molecular formula is C14H20O7S. The van der Waals surface area contributed by atoms with E-state index in [1.165, 1.54) is 0 Å². The highest BCUT2D eigenvalue weighted by Gasteiger charge is 2.05. The van der Waals surface area contributed by atoms with E-state index in [2.05, 4.69) is 9.07 Å². The van der Waals surface area contributed by atoms with Gasteiger partial charge in [0.25, 0.3) is 10.1 Å². The number of ether oxygens (including phenoxy) is 1. The maximum atomic E-state index is 11.2. The van der Waals surface area contributed by atoms with Gasteiger partial charge in [-0.3, -0.25) is 14.0 Å². The summed E-state index contributed by atoms with van der Waals surface area (Å²) in [7, 11) is -3.42. The lowest BCUT2D eigenvalue weighted by molar-refractivity contribution is -0.213. The van der Waals surface area contributed by atoms with Crippen molar-refractivity contribution in [1.29, 1.82) is 0 Å². The number of carbonyl (C=O) groups excluding carboxylic acids is 1. The van der Waals surface area contributed by atoms with Gasteiger partial charge in [0.2, 0.25) is 0 Å². The van der Waals surface area contributed by atoms with Gasteiger partial charge in [-0.05, 0) is 18.6 Å². The molecular weight excluding hydrogens is 312 g/mol. The van der Waals surface area contributed by atoms with E-state index in [4.69, 9.17) is 9.62 Å². The first-order valence-corrected chi connectivity index (χ1v) is 8.67. The predicted molar refractivity (Wildman–Crippen MR) is 79.0 cm³/mol. The van der Waals surface area contributed by atoms with Crippen LogP contribution in [0.25, 0.3) is 0 Å². The lowest BCUT2D eigenvalue weighted by atomic mass is 10.3. The Morgan fingerprint density at radius 1 is 1.18 bits per heavy atom. The molecule has 0 aliphatic rings. The first kappa shape index (κ1) is 18.2. The minimum atomic E-state index is -3.42. The molecule has 0 saturated heterocycles. The molecule has 22 heavy (non-hydrogen) atoms. The highest BCUT2D eigenvalue weighted by molar-refractivity contribution is 7.85. The Hall–Kier alpha value is -1.80. The molecule has 0 heterocycles. The Labute approximate surface area is 130 Å². The molecule has 0 bridgehead atoms. The van der Waals surface area contributed by atoms with Gasteiger partial charge in [0, 0.05) is 18.9 Å². The largest absolute Gasteiger partial charge is 0.493 e. The summed E-state index contributed by atoms with van der Waals surface area (Å²) in [6, 6.07) is 6.58. The van der Waals surface area contributed by atoms with Gasteiger partial charge in [-0.1, -0.05) is 13.0 Å². The van der Waals surface area contributed by atoms with Crippen LogP contribution in [0.3, 0.4) is 0 Å². The summed E-state index contributed by atoms with van der Waals surface area (Å²) < 4.78 is 31.5. The van der Waals surface area contributed by atoms with E-state index in [1.54, 1.807) is 24.3 Å². The average Bonchev–Trinajstić information content (AvgIpc) is 2.44. The molecule has 124 valence electrons. The Kier molecular flexibility index (Phi) is 7.69. The van der Waals surface area contributed by atoms with Crippen LogP contribution in [-0.4, -0.2) is 33.9 Å². The van der Waals surface area contributed by atoms with Crippen LogP contribution in [0.2, 0.25) is 0 Å². The van der Waals surface area contributed by atoms with Crippen molar-refractivity contribution in [2.75, 3.05) is 19.5 Å². The van der Waals surface area contributed by atoms with Crippen LogP contribution in [0, 0.1) is 0 Å². The second-order valence-electron chi connectivity index (χ2n) is 4.49. The Morgan fingerprint density at radius 3 is 2.59 bits per heavy atom. The van der Waals surface area contributed by atoms with Gasteiger partial charge in [-0.25, -0.2) is 4.79 Å². The summed E-state index contributed by atoms with van der Waals surface area (Å²) in [6.07, 6.45) is 2.38. The topological polar surface area (TPSA) is 88.1 Å². The van der Waals surface area contributed by atoms with E-state index in [9.17, 15) is 13.2 Å². The second-order valence-corrected chi connectivity index (χ2v) is 6.14. The van der Waals surface area contributed by atoms with E-state index in [0.29, 0.717) is 24.3 Å². The van der Waals surface area contributed by atoms with Gasteiger partial charge in [0.05, 0.1) is 19.5 Å². The normalized spacial score (nSPS) is 11.0. The molecule has 0 aliphatic heterocycles. The fraction of sp³-hybridized carbons (Fsp3) is 0.500. The lowest BCUT2D eigenvalue weighted by Crippen LogP contribution is -2.08. The highest BCUT2D eigenvalue weighted by atomic mass is 32.2. The Balaban J connectivity index is 2.33. The molecule has 0 fully saturated rings.